The van der Waals surface area contributed by atoms with Gasteiger partial charge in [-0.05, 0) is 47.5 Å². The van der Waals surface area contributed by atoms with Crippen LogP contribution in [0.5, 0.6) is 5.75 Å². The number of ether oxygens (including phenoxy) is 1. The second-order valence-corrected chi connectivity index (χ2v) is 6.26. The predicted molar refractivity (Wildman–Crippen MR) is 101 cm³/mol. The Morgan fingerprint density at radius 1 is 1.07 bits per heavy atom. The molecule has 0 atom stereocenters. The number of hydrogen-bond acceptors (Lipinski definition) is 3. The van der Waals surface area contributed by atoms with E-state index in [1.807, 2.05) is 6.07 Å². The molecule has 0 aliphatic heterocycles. The van der Waals surface area contributed by atoms with Gasteiger partial charge in [0.2, 0.25) is 0 Å². The molecule has 0 saturated heterocycles. The summed E-state index contributed by atoms with van der Waals surface area (Å²) < 4.78 is 44.2. The third-order valence-corrected chi connectivity index (χ3v) is 4.30. The van der Waals surface area contributed by atoms with Crippen LogP contribution in [0.3, 0.4) is 0 Å². The smallest absolute Gasteiger partial charge is 0.410 e. The van der Waals surface area contributed by atoms with Crippen LogP contribution in [0.4, 0.5) is 23.7 Å². The molecule has 8 heteroatoms. The van der Waals surface area contributed by atoms with Crippen molar-refractivity contribution in [3.05, 3.63) is 77.6 Å². The molecule has 0 aliphatic carbocycles. The van der Waals surface area contributed by atoms with Crippen molar-refractivity contribution >= 4 is 23.4 Å². The van der Waals surface area contributed by atoms with Gasteiger partial charge in [0, 0.05) is 25.1 Å². The van der Waals surface area contributed by atoms with E-state index in [2.05, 4.69) is 4.98 Å². The summed E-state index contributed by atoms with van der Waals surface area (Å²) in [6.07, 6.45) is -2.09. The molecular formula is C20H14ClF3N2O2. The highest BCUT2D eigenvalue weighted by molar-refractivity contribution is 6.31. The zero-order valence-corrected chi connectivity index (χ0v) is 15.3. The van der Waals surface area contributed by atoms with Gasteiger partial charge < -0.3 is 4.74 Å². The van der Waals surface area contributed by atoms with Crippen molar-refractivity contribution in [3.63, 3.8) is 0 Å². The van der Waals surface area contributed by atoms with E-state index in [-0.39, 0.29) is 11.4 Å². The van der Waals surface area contributed by atoms with Gasteiger partial charge in [-0.3, -0.25) is 9.88 Å². The first-order valence-electron chi connectivity index (χ1n) is 8.08. The molecule has 3 aromatic rings. The number of hydrogen-bond donors (Lipinski definition) is 0. The number of amides is 1. The molecule has 3 rings (SSSR count). The molecule has 0 spiro atoms. The summed E-state index contributed by atoms with van der Waals surface area (Å²) in [6.45, 7) is 0. The maximum atomic E-state index is 13.0. The van der Waals surface area contributed by atoms with Crippen molar-refractivity contribution < 1.29 is 22.7 Å². The molecule has 28 heavy (non-hydrogen) atoms. The van der Waals surface area contributed by atoms with E-state index in [4.69, 9.17) is 16.3 Å². The highest BCUT2D eigenvalue weighted by Gasteiger charge is 2.34. The van der Waals surface area contributed by atoms with Crippen LogP contribution < -0.4 is 9.64 Å². The van der Waals surface area contributed by atoms with E-state index in [0.29, 0.717) is 0 Å². The largest absolute Gasteiger partial charge is 0.419 e. The van der Waals surface area contributed by atoms with Crippen LogP contribution in [0.15, 0.2) is 67.0 Å². The van der Waals surface area contributed by atoms with Crippen LogP contribution >= 0.6 is 11.6 Å². The Balaban J connectivity index is 1.74. The molecule has 0 saturated carbocycles. The summed E-state index contributed by atoms with van der Waals surface area (Å²) in [7, 11) is 1.32. The van der Waals surface area contributed by atoms with Gasteiger partial charge in [-0.15, -0.1) is 0 Å². The predicted octanol–water partition coefficient (Wildman–Crippen LogP) is 6.06. The van der Waals surface area contributed by atoms with Crippen molar-refractivity contribution in [2.45, 2.75) is 6.18 Å². The van der Waals surface area contributed by atoms with Crippen LogP contribution in [0.1, 0.15) is 5.56 Å². The average molecular weight is 407 g/mol. The van der Waals surface area contributed by atoms with Crippen LogP contribution in [-0.4, -0.2) is 18.1 Å². The van der Waals surface area contributed by atoms with E-state index in [9.17, 15) is 18.0 Å². The van der Waals surface area contributed by atoms with E-state index in [0.717, 1.165) is 28.2 Å². The first kappa shape index (κ1) is 19.7. The number of nitrogens with zero attached hydrogens (tertiary/aromatic N) is 2. The second-order valence-electron chi connectivity index (χ2n) is 5.85. The Labute approximate surface area is 164 Å². The molecule has 0 radical (unpaired) electrons. The van der Waals surface area contributed by atoms with E-state index >= 15 is 0 Å². The monoisotopic (exact) mass is 406 g/mol. The van der Waals surface area contributed by atoms with Crippen LogP contribution in [0.2, 0.25) is 5.02 Å². The Morgan fingerprint density at radius 3 is 2.39 bits per heavy atom. The summed E-state index contributed by atoms with van der Waals surface area (Å²) in [4.78, 5) is 17.3. The summed E-state index contributed by atoms with van der Waals surface area (Å²) in [5.41, 5.74) is 0.771. The maximum absolute atomic E-state index is 13.0. The lowest BCUT2D eigenvalue weighted by molar-refractivity contribution is -0.137. The Bertz CT molecular complexity index is 977. The molecule has 0 aliphatic rings. The average Bonchev–Trinajstić information content (AvgIpc) is 2.68. The molecule has 4 nitrogen and oxygen atoms in total. The van der Waals surface area contributed by atoms with Gasteiger partial charge in [-0.25, -0.2) is 4.79 Å². The fourth-order valence-corrected chi connectivity index (χ4v) is 2.69. The number of carbonyl (C=O) groups excluding carboxylic acids is 1. The van der Waals surface area contributed by atoms with Crippen molar-refractivity contribution in [2.24, 2.45) is 0 Å². The second kappa shape index (κ2) is 7.90. The highest BCUT2D eigenvalue weighted by Crippen LogP contribution is 2.37. The lowest BCUT2D eigenvalue weighted by Crippen LogP contribution is -2.29. The summed E-state index contributed by atoms with van der Waals surface area (Å²) in [5, 5.41) is -0.441. The molecule has 2 aromatic carbocycles. The molecule has 0 N–H and O–H groups in total. The normalized spacial score (nSPS) is 11.2. The van der Waals surface area contributed by atoms with Crippen LogP contribution in [-0.2, 0) is 6.18 Å². The third kappa shape index (κ3) is 4.43. The zero-order chi connectivity index (χ0) is 20.3. The van der Waals surface area contributed by atoms with Gasteiger partial charge in [-0.1, -0.05) is 29.8 Å². The Kier molecular flexibility index (Phi) is 5.56. The van der Waals surface area contributed by atoms with Crippen LogP contribution in [0.25, 0.3) is 11.1 Å². The first-order chi connectivity index (χ1) is 13.3. The Hall–Kier alpha value is -3.06. The molecule has 0 fully saturated rings. The molecule has 1 aromatic heterocycles. The number of benzene rings is 2. The van der Waals surface area contributed by atoms with Crippen molar-refractivity contribution in [2.75, 3.05) is 11.9 Å². The summed E-state index contributed by atoms with van der Waals surface area (Å²) in [6, 6.07) is 13.6. The number of aromatic nitrogens is 1. The molecule has 1 amide bonds. The topological polar surface area (TPSA) is 42.4 Å². The SMILES string of the molecule is CN(C(=O)Oc1ccc(-c2cccnc2)cc1)c1ccc(Cl)c(C(F)(F)F)c1. The number of anilines is 1. The number of alkyl halides is 3. The van der Waals surface area contributed by atoms with Gasteiger partial charge in [-0.2, -0.15) is 13.2 Å². The fourth-order valence-electron chi connectivity index (χ4n) is 2.46. The van der Waals surface area contributed by atoms with Gasteiger partial charge in [0.15, 0.2) is 0 Å². The summed E-state index contributed by atoms with van der Waals surface area (Å²) in [5.74, 6) is 0.259. The first-order valence-corrected chi connectivity index (χ1v) is 8.46. The standard InChI is InChI=1S/C20H14ClF3N2O2/c1-26(15-6-9-18(21)17(11-15)20(22,23)24)19(27)28-16-7-4-13(5-8-16)14-3-2-10-25-12-14/h2-12H,1H3. The fraction of sp³-hybridized carbons (Fsp3) is 0.100. The molecule has 0 unspecified atom stereocenters. The third-order valence-electron chi connectivity index (χ3n) is 3.97. The lowest BCUT2D eigenvalue weighted by Gasteiger charge is -2.19. The van der Waals surface area contributed by atoms with Crippen molar-refractivity contribution in [1.82, 2.24) is 4.98 Å². The number of pyridine rings is 1. The van der Waals surface area contributed by atoms with E-state index in [1.165, 1.54) is 13.1 Å². The highest BCUT2D eigenvalue weighted by atomic mass is 35.5. The van der Waals surface area contributed by atoms with E-state index in [1.54, 1.807) is 42.7 Å². The van der Waals surface area contributed by atoms with Crippen molar-refractivity contribution in [3.8, 4) is 16.9 Å². The zero-order valence-electron chi connectivity index (χ0n) is 14.6. The minimum atomic E-state index is -4.63. The van der Waals surface area contributed by atoms with Crippen LogP contribution in [0, 0.1) is 0 Å². The summed E-state index contributed by atoms with van der Waals surface area (Å²) >= 11 is 5.60. The maximum Gasteiger partial charge on any atom is 0.419 e. The number of halogens is 4. The van der Waals surface area contributed by atoms with Gasteiger partial charge in [0.05, 0.1) is 10.6 Å². The molecule has 1 heterocycles. The van der Waals surface area contributed by atoms with Gasteiger partial charge >= 0.3 is 12.3 Å². The molecule has 0 bridgehead atoms. The minimum Gasteiger partial charge on any atom is -0.410 e. The van der Waals surface area contributed by atoms with Crippen molar-refractivity contribution in [1.29, 1.82) is 0 Å². The lowest BCUT2D eigenvalue weighted by atomic mass is 10.1. The number of rotatable bonds is 3. The van der Waals surface area contributed by atoms with Gasteiger partial charge in [0.25, 0.3) is 0 Å². The molecule has 144 valence electrons. The molecular weight excluding hydrogens is 393 g/mol. The number of carbonyl (C=O) groups is 1. The van der Waals surface area contributed by atoms with Gasteiger partial charge in [0.1, 0.15) is 5.75 Å². The van der Waals surface area contributed by atoms with E-state index < -0.39 is 22.9 Å². The Morgan fingerprint density at radius 2 is 1.79 bits per heavy atom. The minimum absolute atomic E-state index is 0.00806. The quantitative estimate of drug-likeness (QED) is 0.531.